The molecule has 1 N–H and O–H groups in total. The van der Waals surface area contributed by atoms with E-state index in [1.54, 1.807) is 0 Å². The Bertz CT molecular complexity index is 920. The van der Waals surface area contributed by atoms with Crippen molar-refractivity contribution in [2.75, 3.05) is 18.0 Å². The van der Waals surface area contributed by atoms with Gasteiger partial charge in [-0.15, -0.1) is 0 Å². The highest BCUT2D eigenvalue weighted by molar-refractivity contribution is 5.83. The molecule has 6 nitrogen and oxygen atoms in total. The molecule has 6 heteroatoms. The molecule has 2 heterocycles. The topological polar surface area (TPSA) is 67.4 Å². The van der Waals surface area contributed by atoms with E-state index in [0.717, 1.165) is 48.7 Å². The Balaban J connectivity index is 1.56. The fourth-order valence-corrected chi connectivity index (χ4v) is 4.85. The standard InChI is InChI=1S/C25H34N4O2/c1-16-14-29(15-17(2)31-16)24-26-13-20-21(11-25(4,5)12-22(20)28-24)27-23(30)18(3)19-9-7-6-8-10-19/h6-10,13,16-18,21H,11-12,14-15H2,1-5H3,(H,27,30)/t16-,17-,18+,21+/m1/s1. The lowest BCUT2D eigenvalue weighted by Crippen LogP contribution is -2.46. The predicted molar refractivity (Wildman–Crippen MR) is 122 cm³/mol. The summed E-state index contributed by atoms with van der Waals surface area (Å²) in [5.74, 6) is 0.604. The third-order valence-electron chi connectivity index (χ3n) is 6.38. The molecule has 31 heavy (non-hydrogen) atoms. The van der Waals surface area contributed by atoms with E-state index in [-0.39, 0.29) is 35.5 Å². The van der Waals surface area contributed by atoms with Crippen LogP contribution in [0.25, 0.3) is 0 Å². The molecule has 1 saturated heterocycles. The van der Waals surface area contributed by atoms with E-state index in [9.17, 15) is 4.79 Å². The van der Waals surface area contributed by atoms with Crippen LogP contribution in [0.2, 0.25) is 0 Å². The van der Waals surface area contributed by atoms with E-state index >= 15 is 0 Å². The van der Waals surface area contributed by atoms with Crippen LogP contribution >= 0.6 is 0 Å². The van der Waals surface area contributed by atoms with Gasteiger partial charge in [-0.3, -0.25) is 4.79 Å². The molecular weight excluding hydrogens is 388 g/mol. The van der Waals surface area contributed by atoms with Crippen LogP contribution in [-0.4, -0.2) is 41.2 Å². The number of fused-ring (bicyclic) bond motifs is 1. The molecule has 0 bridgehead atoms. The number of anilines is 1. The molecule has 0 unspecified atom stereocenters. The van der Waals surface area contributed by atoms with Crippen molar-refractivity contribution in [3.8, 4) is 0 Å². The molecule has 2 aromatic rings. The van der Waals surface area contributed by atoms with Crippen molar-refractivity contribution in [3.05, 3.63) is 53.3 Å². The van der Waals surface area contributed by atoms with Crippen molar-refractivity contribution < 1.29 is 9.53 Å². The lowest BCUT2D eigenvalue weighted by Gasteiger charge is -2.38. The van der Waals surface area contributed by atoms with Gasteiger partial charge in [-0.25, -0.2) is 9.97 Å². The van der Waals surface area contributed by atoms with Crippen LogP contribution in [-0.2, 0) is 16.0 Å². The zero-order chi connectivity index (χ0) is 22.2. The molecule has 1 aliphatic heterocycles. The number of ether oxygens (including phenoxy) is 1. The molecule has 0 spiro atoms. The first-order chi connectivity index (χ1) is 14.7. The second-order valence-corrected chi connectivity index (χ2v) is 9.97. The molecule has 0 saturated carbocycles. The van der Waals surface area contributed by atoms with Crippen LogP contribution in [0, 0.1) is 5.41 Å². The second kappa shape index (κ2) is 8.58. The summed E-state index contributed by atoms with van der Waals surface area (Å²) in [4.78, 5) is 24.9. The third-order valence-corrected chi connectivity index (χ3v) is 6.38. The zero-order valence-electron chi connectivity index (χ0n) is 19.3. The molecule has 4 rings (SSSR count). The maximum Gasteiger partial charge on any atom is 0.227 e. The van der Waals surface area contributed by atoms with Gasteiger partial charge in [-0.2, -0.15) is 0 Å². The van der Waals surface area contributed by atoms with E-state index in [2.05, 4.69) is 37.9 Å². The summed E-state index contributed by atoms with van der Waals surface area (Å²) in [7, 11) is 0. The summed E-state index contributed by atoms with van der Waals surface area (Å²) in [5.41, 5.74) is 3.17. The number of morpholine rings is 1. The number of nitrogens with zero attached hydrogens (tertiary/aromatic N) is 3. The molecule has 1 fully saturated rings. The van der Waals surface area contributed by atoms with Crippen LogP contribution in [0.1, 0.15) is 69.8 Å². The molecular formula is C25H34N4O2. The van der Waals surface area contributed by atoms with Gasteiger partial charge in [0, 0.05) is 24.8 Å². The fourth-order valence-electron chi connectivity index (χ4n) is 4.85. The number of hydrogen-bond donors (Lipinski definition) is 1. The number of benzene rings is 1. The molecule has 4 atom stereocenters. The maximum absolute atomic E-state index is 13.0. The first kappa shape index (κ1) is 21.8. The molecule has 0 radical (unpaired) electrons. The smallest absolute Gasteiger partial charge is 0.227 e. The Morgan fingerprint density at radius 2 is 1.87 bits per heavy atom. The van der Waals surface area contributed by atoms with Crippen LogP contribution in [0.15, 0.2) is 36.5 Å². The Kier molecular flexibility index (Phi) is 6.02. The summed E-state index contributed by atoms with van der Waals surface area (Å²) in [6.07, 6.45) is 4.00. The summed E-state index contributed by atoms with van der Waals surface area (Å²) in [6.45, 7) is 12.2. The highest BCUT2D eigenvalue weighted by Crippen LogP contribution is 2.40. The number of carbonyl (C=O) groups excluding carboxylic acids is 1. The van der Waals surface area contributed by atoms with Gasteiger partial charge in [0.2, 0.25) is 11.9 Å². The van der Waals surface area contributed by atoms with E-state index in [0.29, 0.717) is 0 Å². The maximum atomic E-state index is 13.0. The van der Waals surface area contributed by atoms with Crippen molar-refractivity contribution >= 4 is 11.9 Å². The molecule has 1 aliphatic carbocycles. The third kappa shape index (κ3) is 4.90. The molecule has 1 aromatic heterocycles. The summed E-state index contributed by atoms with van der Waals surface area (Å²) in [6, 6.07) is 9.85. The highest BCUT2D eigenvalue weighted by atomic mass is 16.5. The van der Waals surface area contributed by atoms with Gasteiger partial charge in [0.1, 0.15) is 0 Å². The van der Waals surface area contributed by atoms with Gasteiger partial charge < -0.3 is 15.0 Å². The molecule has 1 aromatic carbocycles. The fraction of sp³-hybridized carbons (Fsp3) is 0.560. The Labute approximate surface area is 185 Å². The van der Waals surface area contributed by atoms with E-state index in [1.165, 1.54) is 0 Å². The van der Waals surface area contributed by atoms with Gasteiger partial charge in [0.05, 0.1) is 29.9 Å². The van der Waals surface area contributed by atoms with Crippen LogP contribution in [0.3, 0.4) is 0 Å². The molecule has 2 aliphatic rings. The number of rotatable bonds is 4. The van der Waals surface area contributed by atoms with E-state index in [1.807, 2.05) is 43.5 Å². The number of aromatic nitrogens is 2. The number of amides is 1. The quantitative estimate of drug-likeness (QED) is 0.806. The summed E-state index contributed by atoms with van der Waals surface area (Å²) >= 11 is 0. The summed E-state index contributed by atoms with van der Waals surface area (Å²) in [5, 5.41) is 3.29. The van der Waals surface area contributed by atoms with Gasteiger partial charge in [-0.1, -0.05) is 44.2 Å². The minimum atomic E-state index is -0.203. The van der Waals surface area contributed by atoms with Crippen molar-refractivity contribution in [2.45, 2.75) is 71.6 Å². The molecule has 166 valence electrons. The van der Waals surface area contributed by atoms with Crippen LogP contribution in [0.4, 0.5) is 5.95 Å². The lowest BCUT2D eigenvalue weighted by atomic mass is 9.74. The van der Waals surface area contributed by atoms with Crippen LogP contribution in [0.5, 0.6) is 0 Å². The normalized spacial score (nSPS) is 26.1. The zero-order valence-corrected chi connectivity index (χ0v) is 19.3. The van der Waals surface area contributed by atoms with Crippen molar-refractivity contribution in [3.63, 3.8) is 0 Å². The SMILES string of the molecule is C[C@@H]1CN(c2ncc3c(n2)CC(C)(C)C[C@@H]3NC(=O)[C@@H](C)c2ccccc2)C[C@@H](C)O1. The van der Waals surface area contributed by atoms with E-state index in [4.69, 9.17) is 14.7 Å². The van der Waals surface area contributed by atoms with Crippen LogP contribution < -0.4 is 10.2 Å². The lowest BCUT2D eigenvalue weighted by molar-refractivity contribution is -0.123. The number of hydrogen-bond acceptors (Lipinski definition) is 5. The largest absolute Gasteiger partial charge is 0.372 e. The first-order valence-electron chi connectivity index (χ1n) is 11.3. The van der Waals surface area contributed by atoms with Gasteiger partial charge in [0.25, 0.3) is 0 Å². The Hall–Kier alpha value is -2.47. The number of nitrogens with one attached hydrogen (secondary N) is 1. The van der Waals surface area contributed by atoms with Gasteiger partial charge in [0.15, 0.2) is 0 Å². The Morgan fingerprint density at radius 3 is 2.55 bits per heavy atom. The van der Waals surface area contributed by atoms with Gasteiger partial charge >= 0.3 is 0 Å². The van der Waals surface area contributed by atoms with Crippen molar-refractivity contribution in [1.82, 2.24) is 15.3 Å². The predicted octanol–water partition coefficient (Wildman–Crippen LogP) is 4.02. The van der Waals surface area contributed by atoms with Gasteiger partial charge in [-0.05, 0) is 44.6 Å². The monoisotopic (exact) mass is 422 g/mol. The highest BCUT2D eigenvalue weighted by Gasteiger charge is 2.36. The average molecular weight is 423 g/mol. The minimum absolute atomic E-state index is 0.0414. The Morgan fingerprint density at radius 1 is 1.19 bits per heavy atom. The summed E-state index contributed by atoms with van der Waals surface area (Å²) < 4.78 is 5.86. The second-order valence-electron chi connectivity index (χ2n) is 9.97. The van der Waals surface area contributed by atoms with E-state index < -0.39 is 0 Å². The number of carbonyl (C=O) groups is 1. The average Bonchev–Trinajstić information content (AvgIpc) is 2.71. The molecule has 1 amide bonds. The first-order valence-corrected chi connectivity index (χ1v) is 11.3. The van der Waals surface area contributed by atoms with Crippen molar-refractivity contribution in [2.24, 2.45) is 5.41 Å². The minimum Gasteiger partial charge on any atom is -0.372 e. The van der Waals surface area contributed by atoms with Crippen molar-refractivity contribution in [1.29, 1.82) is 0 Å².